The molecule has 0 bridgehead atoms. The zero-order valence-electron chi connectivity index (χ0n) is 14.0. The van der Waals surface area contributed by atoms with E-state index in [-0.39, 0.29) is 10.5 Å². The predicted molar refractivity (Wildman–Crippen MR) is 90.9 cm³/mol. The van der Waals surface area contributed by atoms with Crippen molar-refractivity contribution in [3.63, 3.8) is 0 Å². The van der Waals surface area contributed by atoms with Gasteiger partial charge in [0, 0.05) is 6.54 Å². The predicted octanol–water partition coefficient (Wildman–Crippen LogP) is 4.02. The first-order valence-electron chi connectivity index (χ1n) is 7.91. The number of aromatic amines is 1. The molecule has 3 aromatic rings. The summed E-state index contributed by atoms with van der Waals surface area (Å²) >= 11 is 0. The fraction of sp³-hybridized carbons (Fsp3) is 0.235. The van der Waals surface area contributed by atoms with Crippen LogP contribution in [0.5, 0.6) is 0 Å². The molecule has 1 aromatic heterocycles. The third-order valence-electron chi connectivity index (χ3n) is 4.09. The Morgan fingerprint density at radius 1 is 1.15 bits per heavy atom. The van der Waals surface area contributed by atoms with Crippen LogP contribution in [0.2, 0.25) is 0 Å². The van der Waals surface area contributed by atoms with Gasteiger partial charge in [-0.2, -0.15) is 17.5 Å². The standard InChI is InChI=1S/C17H15F4N3O2S/c1-2-24(16(17(19,20)21)11-3-5-12(18)6-4-11)27(25,26)13-7-8-14-15(9-13)23-10-22-14/h3-10,16H,2H2,1H3,(H,22,23)/t16-/m1/s1. The molecule has 0 saturated carbocycles. The fourth-order valence-corrected chi connectivity index (χ4v) is 4.50. The van der Waals surface area contributed by atoms with Crippen molar-refractivity contribution in [1.82, 2.24) is 14.3 Å². The summed E-state index contributed by atoms with van der Waals surface area (Å²) in [4.78, 5) is 6.39. The zero-order valence-corrected chi connectivity index (χ0v) is 14.9. The Balaban J connectivity index is 2.11. The van der Waals surface area contributed by atoms with Crippen LogP contribution in [-0.2, 0) is 10.0 Å². The van der Waals surface area contributed by atoms with Crippen molar-refractivity contribution < 1.29 is 26.0 Å². The van der Waals surface area contributed by atoms with Gasteiger partial charge in [0.25, 0.3) is 0 Å². The van der Waals surface area contributed by atoms with Crippen molar-refractivity contribution in [3.8, 4) is 0 Å². The molecule has 2 aromatic carbocycles. The number of nitrogens with zero attached hydrogens (tertiary/aromatic N) is 2. The van der Waals surface area contributed by atoms with Crippen LogP contribution >= 0.6 is 0 Å². The lowest BCUT2D eigenvalue weighted by Crippen LogP contribution is -2.42. The second-order valence-corrected chi connectivity index (χ2v) is 7.68. The summed E-state index contributed by atoms with van der Waals surface area (Å²) in [5, 5.41) is 0. The SMILES string of the molecule is CCN([C@H](c1ccc(F)cc1)C(F)(F)F)S(=O)(=O)c1ccc2nc[nH]c2c1. The summed E-state index contributed by atoms with van der Waals surface area (Å²) in [6.45, 7) is 0.888. The molecule has 0 aliphatic carbocycles. The van der Waals surface area contributed by atoms with E-state index in [0.29, 0.717) is 15.3 Å². The number of imidazole rings is 1. The highest BCUT2D eigenvalue weighted by atomic mass is 32.2. The third-order valence-corrected chi connectivity index (χ3v) is 6.03. The number of alkyl halides is 3. The second-order valence-electron chi connectivity index (χ2n) is 5.79. The van der Waals surface area contributed by atoms with Gasteiger partial charge in [0.05, 0.1) is 22.3 Å². The van der Waals surface area contributed by atoms with Crippen LogP contribution in [0, 0.1) is 5.82 Å². The maximum absolute atomic E-state index is 13.8. The maximum atomic E-state index is 13.8. The van der Waals surface area contributed by atoms with Gasteiger partial charge in [0.2, 0.25) is 10.0 Å². The van der Waals surface area contributed by atoms with E-state index < -0.39 is 34.6 Å². The van der Waals surface area contributed by atoms with E-state index in [9.17, 15) is 26.0 Å². The van der Waals surface area contributed by atoms with E-state index in [1.165, 1.54) is 31.5 Å². The fourth-order valence-electron chi connectivity index (χ4n) is 2.87. The lowest BCUT2D eigenvalue weighted by Gasteiger charge is -2.31. The lowest BCUT2D eigenvalue weighted by molar-refractivity contribution is -0.173. The number of benzene rings is 2. The van der Waals surface area contributed by atoms with Gasteiger partial charge >= 0.3 is 6.18 Å². The first-order valence-corrected chi connectivity index (χ1v) is 9.35. The number of hydrogen-bond acceptors (Lipinski definition) is 3. The Morgan fingerprint density at radius 3 is 2.41 bits per heavy atom. The lowest BCUT2D eigenvalue weighted by atomic mass is 10.1. The van der Waals surface area contributed by atoms with Crippen LogP contribution in [-0.4, -0.2) is 35.4 Å². The van der Waals surface area contributed by atoms with Gasteiger partial charge < -0.3 is 4.98 Å². The molecule has 27 heavy (non-hydrogen) atoms. The molecule has 0 radical (unpaired) electrons. The Morgan fingerprint density at radius 2 is 1.81 bits per heavy atom. The highest BCUT2D eigenvalue weighted by Crippen LogP contribution is 2.40. The van der Waals surface area contributed by atoms with Crippen LogP contribution in [0.25, 0.3) is 11.0 Å². The molecule has 1 atom stereocenters. The maximum Gasteiger partial charge on any atom is 0.409 e. The van der Waals surface area contributed by atoms with Gasteiger partial charge in [-0.3, -0.25) is 0 Å². The first kappa shape index (κ1) is 19.3. The van der Waals surface area contributed by atoms with E-state index in [2.05, 4.69) is 9.97 Å². The van der Waals surface area contributed by atoms with Crippen LogP contribution < -0.4 is 0 Å². The topological polar surface area (TPSA) is 66.1 Å². The smallest absolute Gasteiger partial charge is 0.345 e. The van der Waals surface area contributed by atoms with Gasteiger partial charge in [-0.25, -0.2) is 17.8 Å². The molecule has 0 fully saturated rings. The number of hydrogen-bond donors (Lipinski definition) is 1. The van der Waals surface area contributed by atoms with Gasteiger partial charge in [-0.05, 0) is 35.9 Å². The van der Waals surface area contributed by atoms with Crippen molar-refractivity contribution in [2.24, 2.45) is 0 Å². The summed E-state index contributed by atoms with van der Waals surface area (Å²) in [6, 6.07) is 5.01. The van der Waals surface area contributed by atoms with Crippen molar-refractivity contribution in [3.05, 3.63) is 60.2 Å². The molecule has 144 valence electrons. The molecule has 1 heterocycles. The Bertz CT molecular complexity index is 1050. The molecular weight excluding hydrogens is 386 g/mol. The molecule has 5 nitrogen and oxygen atoms in total. The van der Waals surface area contributed by atoms with Crippen molar-refractivity contribution in [2.45, 2.75) is 24.0 Å². The number of sulfonamides is 1. The van der Waals surface area contributed by atoms with Crippen LogP contribution in [0.3, 0.4) is 0 Å². The highest BCUT2D eigenvalue weighted by molar-refractivity contribution is 7.89. The van der Waals surface area contributed by atoms with E-state index >= 15 is 0 Å². The Hall–Kier alpha value is -2.46. The van der Waals surface area contributed by atoms with Gasteiger partial charge in [0.1, 0.15) is 11.9 Å². The van der Waals surface area contributed by atoms with Crippen LogP contribution in [0.4, 0.5) is 17.6 Å². The normalized spacial score (nSPS) is 14.0. The average molecular weight is 401 g/mol. The van der Waals surface area contributed by atoms with Crippen molar-refractivity contribution in [2.75, 3.05) is 6.54 Å². The van der Waals surface area contributed by atoms with E-state index in [4.69, 9.17) is 0 Å². The molecule has 0 saturated heterocycles. The van der Waals surface area contributed by atoms with Gasteiger partial charge in [-0.1, -0.05) is 19.1 Å². The molecule has 1 N–H and O–H groups in total. The van der Waals surface area contributed by atoms with Crippen LogP contribution in [0.1, 0.15) is 18.5 Å². The number of fused-ring (bicyclic) bond motifs is 1. The molecule has 0 amide bonds. The third kappa shape index (κ3) is 3.67. The number of rotatable bonds is 5. The van der Waals surface area contributed by atoms with E-state index in [1.54, 1.807) is 0 Å². The van der Waals surface area contributed by atoms with Gasteiger partial charge in [0.15, 0.2) is 0 Å². The molecule has 3 rings (SSSR count). The Labute approximate surface area is 152 Å². The van der Waals surface area contributed by atoms with E-state index in [0.717, 1.165) is 24.3 Å². The Kier molecular flexibility index (Phi) is 4.96. The molecule has 0 spiro atoms. The van der Waals surface area contributed by atoms with Gasteiger partial charge in [-0.15, -0.1) is 0 Å². The molecular formula is C17H15F4N3O2S. The number of halogens is 4. The van der Waals surface area contributed by atoms with Crippen molar-refractivity contribution in [1.29, 1.82) is 0 Å². The van der Waals surface area contributed by atoms with Crippen molar-refractivity contribution >= 4 is 21.1 Å². The minimum atomic E-state index is -4.89. The minimum absolute atomic E-state index is 0.294. The number of H-pyrrole nitrogens is 1. The highest BCUT2D eigenvalue weighted by Gasteiger charge is 2.48. The summed E-state index contributed by atoms with van der Waals surface area (Å²) < 4.78 is 80.8. The number of nitrogens with one attached hydrogen (secondary N) is 1. The quantitative estimate of drug-likeness (QED) is 0.657. The molecule has 10 heteroatoms. The summed E-state index contributed by atoms with van der Waals surface area (Å²) in [5.41, 5.74) is 0.511. The summed E-state index contributed by atoms with van der Waals surface area (Å²) in [5.74, 6) is -0.713. The summed E-state index contributed by atoms with van der Waals surface area (Å²) in [6.07, 6.45) is -3.53. The molecule has 0 aliphatic heterocycles. The van der Waals surface area contributed by atoms with E-state index in [1.807, 2.05) is 0 Å². The van der Waals surface area contributed by atoms with Crippen LogP contribution in [0.15, 0.2) is 53.7 Å². The zero-order chi connectivity index (χ0) is 19.8. The molecule has 0 unspecified atom stereocenters. The minimum Gasteiger partial charge on any atom is -0.345 e. The second kappa shape index (κ2) is 6.93. The summed E-state index contributed by atoms with van der Waals surface area (Å²) in [7, 11) is -4.49. The monoisotopic (exact) mass is 401 g/mol. The average Bonchev–Trinajstić information content (AvgIpc) is 3.07. The molecule has 0 aliphatic rings. The largest absolute Gasteiger partial charge is 0.409 e. The number of aromatic nitrogens is 2. The first-order chi connectivity index (χ1) is 12.6.